The van der Waals surface area contributed by atoms with Crippen LogP contribution in [0, 0.1) is 6.92 Å². The van der Waals surface area contributed by atoms with Gasteiger partial charge in [0, 0.05) is 12.7 Å². The van der Waals surface area contributed by atoms with E-state index in [-0.39, 0.29) is 6.61 Å². The molecule has 2 N–H and O–H groups in total. The fourth-order valence-electron chi connectivity index (χ4n) is 1.59. The van der Waals surface area contributed by atoms with Gasteiger partial charge in [0.05, 0.1) is 11.8 Å². The number of nitrogen functional groups attached to an aromatic ring is 1. The summed E-state index contributed by atoms with van der Waals surface area (Å²) in [5.41, 5.74) is 8.15. The highest BCUT2D eigenvalue weighted by Crippen LogP contribution is 2.14. The van der Waals surface area contributed by atoms with Gasteiger partial charge >= 0.3 is 5.97 Å². The second-order valence-electron chi connectivity index (χ2n) is 4.03. The molecular formula is C12H14N4O2. The van der Waals surface area contributed by atoms with E-state index in [0.717, 1.165) is 5.56 Å². The van der Waals surface area contributed by atoms with Gasteiger partial charge in [0.2, 0.25) is 0 Å². The summed E-state index contributed by atoms with van der Waals surface area (Å²) < 4.78 is 6.71. The first-order valence-corrected chi connectivity index (χ1v) is 5.44. The van der Waals surface area contributed by atoms with E-state index in [2.05, 4.69) is 10.3 Å². The van der Waals surface area contributed by atoms with E-state index in [4.69, 9.17) is 10.5 Å². The Morgan fingerprint density at radius 1 is 1.50 bits per heavy atom. The second-order valence-corrected chi connectivity index (χ2v) is 4.03. The maximum absolute atomic E-state index is 11.8. The molecule has 0 atom stereocenters. The van der Waals surface area contributed by atoms with Gasteiger partial charge < -0.3 is 10.5 Å². The largest absolute Gasteiger partial charge is 0.455 e. The Morgan fingerprint density at radius 3 is 2.89 bits per heavy atom. The first-order valence-electron chi connectivity index (χ1n) is 5.44. The predicted molar refractivity (Wildman–Crippen MR) is 65.7 cm³/mol. The first-order chi connectivity index (χ1) is 8.56. The minimum Gasteiger partial charge on any atom is -0.455 e. The van der Waals surface area contributed by atoms with E-state index < -0.39 is 5.97 Å². The summed E-state index contributed by atoms with van der Waals surface area (Å²) in [5.74, 6) is -0.391. The number of hydrogen-bond donors (Lipinski definition) is 1. The van der Waals surface area contributed by atoms with Crippen LogP contribution >= 0.6 is 0 Å². The lowest BCUT2D eigenvalue weighted by Crippen LogP contribution is -2.07. The van der Waals surface area contributed by atoms with Gasteiger partial charge in [-0.1, -0.05) is 5.21 Å². The van der Waals surface area contributed by atoms with E-state index in [1.807, 2.05) is 6.92 Å². The van der Waals surface area contributed by atoms with Gasteiger partial charge in [-0.05, 0) is 30.7 Å². The molecule has 0 bridgehead atoms. The van der Waals surface area contributed by atoms with Crippen LogP contribution in [0.15, 0.2) is 24.4 Å². The van der Waals surface area contributed by atoms with Crippen molar-refractivity contribution in [1.29, 1.82) is 0 Å². The number of anilines is 1. The molecule has 2 aromatic rings. The maximum Gasteiger partial charge on any atom is 0.338 e. The van der Waals surface area contributed by atoms with Gasteiger partial charge in [0.25, 0.3) is 0 Å². The van der Waals surface area contributed by atoms with Gasteiger partial charge in [-0.25, -0.2) is 4.79 Å². The number of nitrogens with two attached hydrogens (primary N) is 1. The SMILES string of the molecule is Cc1cc(N)ccc1C(=O)OCc1cn(C)nn1. The fourth-order valence-corrected chi connectivity index (χ4v) is 1.59. The smallest absolute Gasteiger partial charge is 0.338 e. The van der Waals surface area contributed by atoms with Crippen molar-refractivity contribution in [1.82, 2.24) is 15.0 Å². The molecule has 0 saturated carbocycles. The van der Waals surface area contributed by atoms with Crippen LogP contribution in [0.5, 0.6) is 0 Å². The molecule has 2 rings (SSSR count). The third-order valence-corrected chi connectivity index (χ3v) is 2.47. The summed E-state index contributed by atoms with van der Waals surface area (Å²) >= 11 is 0. The summed E-state index contributed by atoms with van der Waals surface area (Å²) in [5, 5.41) is 7.59. The van der Waals surface area contributed by atoms with Gasteiger partial charge in [-0.15, -0.1) is 5.10 Å². The molecule has 1 heterocycles. The van der Waals surface area contributed by atoms with Crippen LogP contribution in [0.4, 0.5) is 5.69 Å². The highest BCUT2D eigenvalue weighted by molar-refractivity contribution is 5.91. The Balaban J connectivity index is 2.03. The summed E-state index contributed by atoms with van der Waals surface area (Å²) in [6.07, 6.45) is 1.70. The van der Waals surface area contributed by atoms with Crippen molar-refractivity contribution in [2.75, 3.05) is 5.73 Å². The van der Waals surface area contributed by atoms with Crippen LogP contribution in [-0.2, 0) is 18.4 Å². The van der Waals surface area contributed by atoms with E-state index in [0.29, 0.717) is 16.9 Å². The Bertz CT molecular complexity index is 577. The maximum atomic E-state index is 11.8. The zero-order valence-corrected chi connectivity index (χ0v) is 10.3. The number of carbonyl (C=O) groups excluding carboxylic acids is 1. The van der Waals surface area contributed by atoms with Crippen molar-refractivity contribution in [3.05, 3.63) is 41.2 Å². The zero-order chi connectivity index (χ0) is 13.1. The molecule has 0 aliphatic rings. The fraction of sp³-hybridized carbons (Fsp3) is 0.250. The van der Waals surface area contributed by atoms with Crippen LogP contribution in [0.3, 0.4) is 0 Å². The average Bonchev–Trinajstić information content (AvgIpc) is 2.72. The molecule has 0 fully saturated rings. The summed E-state index contributed by atoms with van der Waals surface area (Å²) in [6, 6.07) is 5.06. The number of aryl methyl sites for hydroxylation is 2. The summed E-state index contributed by atoms with van der Waals surface area (Å²) in [7, 11) is 1.75. The Morgan fingerprint density at radius 2 is 2.28 bits per heavy atom. The van der Waals surface area contributed by atoms with Crippen LogP contribution in [0.25, 0.3) is 0 Å². The van der Waals surface area contributed by atoms with Crippen LogP contribution < -0.4 is 5.73 Å². The number of ether oxygens (including phenoxy) is 1. The van der Waals surface area contributed by atoms with Gasteiger partial charge in [-0.3, -0.25) is 4.68 Å². The number of esters is 1. The highest BCUT2D eigenvalue weighted by atomic mass is 16.5. The van der Waals surface area contributed by atoms with Crippen molar-refractivity contribution < 1.29 is 9.53 Å². The minimum atomic E-state index is -0.391. The van der Waals surface area contributed by atoms with E-state index in [1.54, 1.807) is 36.1 Å². The van der Waals surface area contributed by atoms with E-state index in [9.17, 15) is 4.79 Å². The standard InChI is InChI=1S/C12H14N4O2/c1-8-5-9(13)3-4-11(8)12(17)18-7-10-6-16(2)15-14-10/h3-6H,7,13H2,1-2H3. The molecule has 0 radical (unpaired) electrons. The monoisotopic (exact) mass is 246 g/mol. The molecule has 0 spiro atoms. The van der Waals surface area contributed by atoms with E-state index >= 15 is 0 Å². The summed E-state index contributed by atoms with van der Waals surface area (Å²) in [4.78, 5) is 11.8. The molecule has 0 aliphatic carbocycles. The van der Waals surface area contributed by atoms with Gasteiger partial charge in [0.15, 0.2) is 0 Å². The Kier molecular flexibility index (Phi) is 3.27. The van der Waals surface area contributed by atoms with Crippen molar-refractivity contribution in [2.45, 2.75) is 13.5 Å². The van der Waals surface area contributed by atoms with Gasteiger partial charge in [0.1, 0.15) is 12.3 Å². The lowest BCUT2D eigenvalue weighted by molar-refractivity contribution is 0.0467. The molecule has 0 saturated heterocycles. The molecule has 0 unspecified atom stereocenters. The normalized spacial score (nSPS) is 10.3. The first kappa shape index (κ1) is 12.1. The number of aromatic nitrogens is 3. The third-order valence-electron chi connectivity index (χ3n) is 2.47. The van der Waals surface area contributed by atoms with Crippen LogP contribution in [0.2, 0.25) is 0 Å². The van der Waals surface area contributed by atoms with Crippen LogP contribution in [-0.4, -0.2) is 21.0 Å². The quantitative estimate of drug-likeness (QED) is 0.646. The van der Waals surface area contributed by atoms with Gasteiger partial charge in [-0.2, -0.15) is 0 Å². The molecule has 94 valence electrons. The predicted octanol–water partition coefficient (Wildman–Crippen LogP) is 1.06. The van der Waals surface area contributed by atoms with E-state index in [1.165, 1.54) is 0 Å². The number of benzene rings is 1. The highest BCUT2D eigenvalue weighted by Gasteiger charge is 2.11. The molecule has 0 amide bonds. The number of rotatable bonds is 3. The molecule has 0 aliphatic heterocycles. The zero-order valence-electron chi connectivity index (χ0n) is 10.3. The lowest BCUT2D eigenvalue weighted by Gasteiger charge is -2.06. The molecule has 6 heteroatoms. The van der Waals surface area contributed by atoms with Crippen LogP contribution in [0.1, 0.15) is 21.6 Å². The Hall–Kier alpha value is -2.37. The topological polar surface area (TPSA) is 83.0 Å². The molecular weight excluding hydrogens is 232 g/mol. The average molecular weight is 246 g/mol. The number of nitrogens with zero attached hydrogens (tertiary/aromatic N) is 3. The third kappa shape index (κ3) is 2.65. The van der Waals surface area contributed by atoms with Crippen molar-refractivity contribution >= 4 is 11.7 Å². The second kappa shape index (κ2) is 4.87. The molecule has 1 aromatic carbocycles. The molecule has 18 heavy (non-hydrogen) atoms. The minimum absolute atomic E-state index is 0.108. The van der Waals surface area contributed by atoms with Crippen molar-refractivity contribution in [3.8, 4) is 0 Å². The number of carbonyl (C=O) groups is 1. The lowest BCUT2D eigenvalue weighted by atomic mass is 10.1. The van der Waals surface area contributed by atoms with Crippen molar-refractivity contribution in [2.24, 2.45) is 7.05 Å². The molecule has 6 nitrogen and oxygen atoms in total. The number of hydrogen-bond acceptors (Lipinski definition) is 5. The Labute approximate surface area is 104 Å². The summed E-state index contributed by atoms with van der Waals surface area (Å²) in [6.45, 7) is 1.92. The molecule has 1 aromatic heterocycles. The van der Waals surface area contributed by atoms with Crippen molar-refractivity contribution in [3.63, 3.8) is 0 Å².